The molecule has 19 nitrogen and oxygen atoms in total. The SMILES string of the molecule is CCNC(=O)Nc1ncnc2c1ncn2[C@@H]1O[C@H](COP(=O)(O)OP(=O)(O)CNCC(=O)O)C2OC(Cc3ccccc3)OC21. The number of aliphatic carboxylic acids is 1. The predicted octanol–water partition coefficient (Wildman–Crippen LogP) is 1.17. The maximum atomic E-state index is 12.6. The molecule has 0 saturated carbocycles. The number of benzene rings is 1. The summed E-state index contributed by atoms with van der Waals surface area (Å²) in [6.45, 7) is 0.850. The molecule has 0 spiro atoms. The van der Waals surface area contributed by atoms with E-state index < -0.39 is 77.7 Å². The van der Waals surface area contributed by atoms with Gasteiger partial charge in [-0.1, -0.05) is 30.3 Å². The molecule has 1 aromatic carbocycles. The molecule has 6 N–H and O–H groups in total. The van der Waals surface area contributed by atoms with Gasteiger partial charge in [-0.25, -0.2) is 28.6 Å². The van der Waals surface area contributed by atoms with E-state index in [0.29, 0.717) is 13.0 Å². The van der Waals surface area contributed by atoms with Crippen molar-refractivity contribution in [3.63, 3.8) is 0 Å². The Hall–Kier alpha value is -3.35. The second-order valence-corrected chi connectivity index (χ2v) is 13.3. The summed E-state index contributed by atoms with van der Waals surface area (Å²) < 4.78 is 54.3. The van der Waals surface area contributed by atoms with E-state index in [1.54, 1.807) is 6.92 Å². The summed E-state index contributed by atoms with van der Waals surface area (Å²) in [4.78, 5) is 55.5. The molecule has 2 saturated heterocycles. The normalized spacial score (nSPS) is 25.4. The highest BCUT2D eigenvalue weighted by atomic mass is 31.3. The number of nitrogens with one attached hydrogen (secondary N) is 3. The van der Waals surface area contributed by atoms with Crippen LogP contribution in [0, 0.1) is 0 Å². The number of amides is 2. The smallest absolute Gasteiger partial charge is 0.479 e. The molecule has 2 aliphatic heterocycles. The molecular formula is C24H31N7O12P2. The van der Waals surface area contributed by atoms with E-state index in [-0.39, 0.29) is 17.0 Å². The number of rotatable bonds is 14. The molecular weight excluding hydrogens is 640 g/mol. The molecule has 2 amide bonds. The van der Waals surface area contributed by atoms with Crippen molar-refractivity contribution in [3.05, 3.63) is 48.5 Å². The third-order valence-electron chi connectivity index (χ3n) is 6.57. The molecule has 2 aromatic heterocycles. The van der Waals surface area contributed by atoms with Crippen LogP contribution in [0.25, 0.3) is 11.2 Å². The summed E-state index contributed by atoms with van der Waals surface area (Å²) in [5.74, 6) is -1.16. The summed E-state index contributed by atoms with van der Waals surface area (Å²) in [5, 5.41) is 16.0. The summed E-state index contributed by atoms with van der Waals surface area (Å²) in [6.07, 6.45) is -2.23. The Morgan fingerprint density at radius 3 is 2.56 bits per heavy atom. The van der Waals surface area contributed by atoms with E-state index in [1.165, 1.54) is 17.2 Å². The van der Waals surface area contributed by atoms with Crippen LogP contribution in [0.5, 0.6) is 0 Å². The van der Waals surface area contributed by atoms with E-state index in [2.05, 4.69) is 35.2 Å². The Morgan fingerprint density at radius 2 is 1.82 bits per heavy atom. The Kier molecular flexibility index (Phi) is 10.2. The van der Waals surface area contributed by atoms with Gasteiger partial charge in [-0.3, -0.25) is 29.1 Å². The fourth-order valence-corrected chi connectivity index (χ4v) is 7.23. The lowest BCUT2D eigenvalue weighted by Crippen LogP contribution is -2.32. The van der Waals surface area contributed by atoms with Gasteiger partial charge in [-0.15, -0.1) is 0 Å². The van der Waals surface area contributed by atoms with E-state index in [4.69, 9.17) is 23.8 Å². The van der Waals surface area contributed by atoms with Gasteiger partial charge in [0.05, 0.1) is 25.8 Å². The van der Waals surface area contributed by atoms with Gasteiger partial charge in [0, 0.05) is 13.0 Å². The third-order valence-corrected chi connectivity index (χ3v) is 9.52. The van der Waals surface area contributed by atoms with Crippen LogP contribution < -0.4 is 16.0 Å². The minimum atomic E-state index is -5.14. The summed E-state index contributed by atoms with van der Waals surface area (Å²) in [6, 6.07) is 8.92. The fraction of sp³-hybridized carbons (Fsp3) is 0.458. The van der Waals surface area contributed by atoms with Gasteiger partial charge in [-0.05, 0) is 12.5 Å². The van der Waals surface area contributed by atoms with Crippen molar-refractivity contribution >= 4 is 44.4 Å². The highest BCUT2D eigenvalue weighted by Gasteiger charge is 2.54. The van der Waals surface area contributed by atoms with Gasteiger partial charge < -0.3 is 34.4 Å². The van der Waals surface area contributed by atoms with E-state index in [1.807, 2.05) is 30.3 Å². The van der Waals surface area contributed by atoms with Crippen LogP contribution in [-0.4, -0.2) is 97.0 Å². The van der Waals surface area contributed by atoms with E-state index in [9.17, 15) is 28.5 Å². The van der Waals surface area contributed by atoms with E-state index >= 15 is 0 Å². The molecule has 5 rings (SSSR count). The van der Waals surface area contributed by atoms with Crippen LogP contribution in [0.15, 0.2) is 43.0 Å². The minimum Gasteiger partial charge on any atom is -0.480 e. The number of anilines is 1. The van der Waals surface area contributed by atoms with Crippen LogP contribution in [0.2, 0.25) is 0 Å². The van der Waals surface area contributed by atoms with Crippen molar-refractivity contribution < 1.29 is 56.7 Å². The summed E-state index contributed by atoms with van der Waals surface area (Å²) in [5.41, 5.74) is 1.47. The topological polar surface area (TPSA) is 255 Å². The zero-order valence-electron chi connectivity index (χ0n) is 23.7. The number of carbonyl (C=O) groups is 2. The number of phosphoric acid groups is 1. The molecule has 0 radical (unpaired) electrons. The van der Waals surface area contributed by atoms with Gasteiger partial charge in [0.2, 0.25) is 0 Å². The third kappa shape index (κ3) is 8.28. The number of hydrogen-bond donors (Lipinski definition) is 6. The van der Waals surface area contributed by atoms with Crippen LogP contribution >= 0.6 is 15.4 Å². The highest BCUT2D eigenvalue weighted by Crippen LogP contribution is 2.59. The number of carboxylic acid groups (broad SMARTS) is 1. The van der Waals surface area contributed by atoms with Gasteiger partial charge in [-0.2, -0.15) is 0 Å². The van der Waals surface area contributed by atoms with Gasteiger partial charge in [0.25, 0.3) is 0 Å². The number of urea groups is 1. The van der Waals surface area contributed by atoms with Crippen LogP contribution in [0.1, 0.15) is 18.7 Å². The first-order chi connectivity index (χ1) is 21.4. The summed E-state index contributed by atoms with van der Waals surface area (Å²) in [7, 11) is -9.92. The van der Waals surface area contributed by atoms with Crippen LogP contribution in [0.4, 0.5) is 10.6 Å². The molecule has 45 heavy (non-hydrogen) atoms. The number of carbonyl (C=O) groups excluding carboxylic acids is 1. The van der Waals surface area contributed by atoms with Gasteiger partial charge in [0.1, 0.15) is 24.6 Å². The molecule has 244 valence electrons. The average molecular weight is 671 g/mol. The van der Waals surface area contributed by atoms with Crippen molar-refractivity contribution in [2.75, 3.05) is 31.3 Å². The second kappa shape index (κ2) is 14.0. The number of nitrogens with zero attached hydrogens (tertiary/aromatic N) is 4. The standard InChI is InChI=1S/C24H31N7O12P2/c1-2-26-24(34)30-21-18-22(28-11-27-21)31(12-29-18)23-20-19(41-17(42-20)8-14-6-4-3-5-7-14)15(40-23)10-39-45(37,38)43-44(35,36)13-25-9-16(32)33/h3-7,11-12,15,17,19-20,23,25H,2,8-10,13H2,1H3,(H,32,33)(H,35,36)(H,37,38)(H2,26,27,28,30,34)/t15-,17?,19?,20?,23-/m1/s1. The number of carboxylic acids is 1. The Bertz CT molecular complexity index is 1610. The monoisotopic (exact) mass is 671 g/mol. The Morgan fingerprint density at radius 1 is 1.07 bits per heavy atom. The highest BCUT2D eigenvalue weighted by molar-refractivity contribution is 7.63. The van der Waals surface area contributed by atoms with Crippen molar-refractivity contribution in [2.24, 2.45) is 0 Å². The first kappa shape index (κ1) is 33.0. The molecule has 4 heterocycles. The first-order valence-electron chi connectivity index (χ1n) is 13.6. The number of hydrogen-bond acceptors (Lipinski definition) is 13. The van der Waals surface area contributed by atoms with Crippen LogP contribution in [-0.2, 0) is 43.4 Å². The van der Waals surface area contributed by atoms with Gasteiger partial charge in [0.15, 0.2) is 29.5 Å². The number of imidazole rings is 1. The lowest BCUT2D eigenvalue weighted by Gasteiger charge is -2.22. The minimum absolute atomic E-state index is 0.148. The molecule has 0 bridgehead atoms. The Balaban J connectivity index is 1.34. The maximum absolute atomic E-state index is 12.6. The molecule has 0 aliphatic carbocycles. The quantitative estimate of drug-likeness (QED) is 0.132. The summed E-state index contributed by atoms with van der Waals surface area (Å²) >= 11 is 0. The molecule has 5 unspecified atom stereocenters. The molecule has 21 heteroatoms. The lowest BCUT2D eigenvalue weighted by atomic mass is 10.1. The largest absolute Gasteiger partial charge is 0.480 e. The fourth-order valence-electron chi connectivity index (χ4n) is 4.79. The number of phosphoric ester groups is 1. The molecule has 2 aliphatic rings. The van der Waals surface area contributed by atoms with E-state index in [0.717, 1.165) is 5.56 Å². The molecule has 7 atom stereocenters. The zero-order valence-corrected chi connectivity index (χ0v) is 25.5. The Labute approximate surface area is 255 Å². The average Bonchev–Trinajstić information content (AvgIpc) is 3.66. The number of fused-ring (bicyclic) bond motifs is 2. The van der Waals surface area contributed by atoms with Crippen molar-refractivity contribution in [3.8, 4) is 0 Å². The molecule has 3 aromatic rings. The van der Waals surface area contributed by atoms with Crippen molar-refractivity contribution in [2.45, 2.75) is 44.2 Å². The first-order valence-corrected chi connectivity index (χ1v) is 16.9. The zero-order chi connectivity index (χ0) is 32.2. The van der Waals surface area contributed by atoms with Crippen molar-refractivity contribution in [1.29, 1.82) is 0 Å². The van der Waals surface area contributed by atoms with Crippen LogP contribution in [0.3, 0.4) is 0 Å². The molecule has 2 fully saturated rings. The maximum Gasteiger partial charge on any atom is 0.479 e. The number of ether oxygens (including phenoxy) is 3. The lowest BCUT2D eigenvalue weighted by molar-refractivity contribution is -0.149. The predicted molar refractivity (Wildman–Crippen MR) is 153 cm³/mol. The number of aromatic nitrogens is 4. The van der Waals surface area contributed by atoms with Gasteiger partial charge >= 0.3 is 27.4 Å². The second-order valence-electron chi connectivity index (χ2n) is 9.88. The van der Waals surface area contributed by atoms with Crippen molar-refractivity contribution in [1.82, 2.24) is 30.2 Å².